The molecule has 0 bridgehead atoms. The van der Waals surface area contributed by atoms with Gasteiger partial charge in [-0.25, -0.2) is 4.79 Å². The van der Waals surface area contributed by atoms with Crippen molar-refractivity contribution in [2.24, 2.45) is 0 Å². The zero-order valence-electron chi connectivity index (χ0n) is 19.8. The largest absolute Gasteiger partial charge is 0.504 e. The number of dihydropyridines is 1. The van der Waals surface area contributed by atoms with Crippen molar-refractivity contribution >= 4 is 23.1 Å². The lowest BCUT2D eigenvalue weighted by Gasteiger charge is -2.36. The van der Waals surface area contributed by atoms with E-state index in [0.29, 0.717) is 41.9 Å². The smallest absolute Gasteiger partial charge is 0.336 e. The van der Waals surface area contributed by atoms with Gasteiger partial charge in [0.15, 0.2) is 17.3 Å². The molecule has 0 saturated carbocycles. The number of rotatable bonds is 6. The second kappa shape index (κ2) is 9.87. The molecule has 1 aliphatic carbocycles. The molecule has 2 aliphatic heterocycles. The summed E-state index contributed by atoms with van der Waals surface area (Å²) in [4.78, 5) is 28.2. The van der Waals surface area contributed by atoms with E-state index in [9.17, 15) is 14.7 Å². The van der Waals surface area contributed by atoms with Crippen molar-refractivity contribution in [3.63, 3.8) is 0 Å². The highest BCUT2D eigenvalue weighted by Crippen LogP contribution is 2.47. The van der Waals surface area contributed by atoms with Crippen LogP contribution in [0.25, 0.3) is 0 Å². The van der Waals surface area contributed by atoms with Crippen LogP contribution >= 0.6 is 11.3 Å². The molecule has 2 N–H and O–H groups in total. The van der Waals surface area contributed by atoms with Gasteiger partial charge >= 0.3 is 5.97 Å². The van der Waals surface area contributed by atoms with Crippen LogP contribution in [0.5, 0.6) is 11.5 Å². The molecule has 184 valence electrons. The first-order valence-corrected chi connectivity index (χ1v) is 12.8. The Labute approximate surface area is 208 Å². The van der Waals surface area contributed by atoms with Gasteiger partial charge in [0.1, 0.15) is 6.61 Å². The summed E-state index contributed by atoms with van der Waals surface area (Å²) in [5.41, 5.74) is 3.18. The maximum Gasteiger partial charge on any atom is 0.336 e. The third kappa shape index (κ3) is 4.60. The number of ketones is 1. The number of esters is 1. The van der Waals surface area contributed by atoms with E-state index in [1.54, 1.807) is 23.5 Å². The topological polar surface area (TPSA) is 94.1 Å². The van der Waals surface area contributed by atoms with Crippen LogP contribution in [-0.2, 0) is 19.1 Å². The minimum absolute atomic E-state index is 0.00433. The third-order valence-corrected chi connectivity index (χ3v) is 7.99. The number of ether oxygens (including phenoxy) is 3. The van der Waals surface area contributed by atoms with Gasteiger partial charge in [-0.05, 0) is 55.3 Å². The zero-order chi connectivity index (χ0) is 24.5. The van der Waals surface area contributed by atoms with E-state index in [1.807, 2.05) is 18.4 Å². The molecule has 0 radical (unpaired) electrons. The van der Waals surface area contributed by atoms with E-state index >= 15 is 0 Å². The Bertz CT molecular complexity index is 1190. The number of phenols is 1. The van der Waals surface area contributed by atoms with Gasteiger partial charge in [0.25, 0.3) is 0 Å². The number of carbonyl (C=O) groups is 2. The summed E-state index contributed by atoms with van der Waals surface area (Å²) in [6.45, 7) is 2.70. The fourth-order valence-corrected chi connectivity index (χ4v) is 6.09. The van der Waals surface area contributed by atoms with E-state index in [-0.39, 0.29) is 35.9 Å². The molecule has 1 fully saturated rings. The second-order valence-corrected chi connectivity index (χ2v) is 10.2. The third-order valence-electron chi connectivity index (χ3n) is 6.95. The molecule has 35 heavy (non-hydrogen) atoms. The van der Waals surface area contributed by atoms with E-state index in [2.05, 4.69) is 11.4 Å². The van der Waals surface area contributed by atoms with Crippen LogP contribution in [0.4, 0.5) is 0 Å². The molecular weight excluding hydrogens is 466 g/mol. The maximum absolute atomic E-state index is 13.6. The summed E-state index contributed by atoms with van der Waals surface area (Å²) < 4.78 is 16.6. The highest BCUT2D eigenvalue weighted by atomic mass is 32.1. The highest BCUT2D eigenvalue weighted by molar-refractivity contribution is 7.10. The number of allylic oxidation sites excluding steroid dienone is 3. The summed E-state index contributed by atoms with van der Waals surface area (Å²) in [6, 6.07) is 9.02. The number of methoxy groups -OCH3 is 1. The number of hydrogen-bond acceptors (Lipinski definition) is 8. The summed E-state index contributed by atoms with van der Waals surface area (Å²) in [5, 5.41) is 15.6. The van der Waals surface area contributed by atoms with Gasteiger partial charge in [-0.2, -0.15) is 0 Å². The number of thiophene rings is 1. The fraction of sp³-hybridized carbons (Fsp3) is 0.407. The molecular formula is C27H29NO6S. The number of nitrogens with one attached hydrogen (secondary N) is 1. The standard InChI is InChI=1S/C27H29NO6S/c1-15-24(27(31)34-14-18-5-3-9-33-18)25(16-7-8-20(29)22(13-16)32-2)26-19(28-15)11-17(12-21(26)30)23-6-4-10-35-23/h4,6-8,10,13,17-18,25,28-29H,3,5,9,11-12,14H2,1-2H3/t17-,18+,25-/m1/s1. The number of benzene rings is 1. The zero-order valence-corrected chi connectivity index (χ0v) is 20.7. The van der Waals surface area contributed by atoms with E-state index in [1.165, 1.54) is 18.1 Å². The Kier molecular flexibility index (Phi) is 6.67. The number of aromatic hydroxyl groups is 1. The van der Waals surface area contributed by atoms with Gasteiger partial charge in [-0.3, -0.25) is 4.79 Å². The van der Waals surface area contributed by atoms with Crippen LogP contribution in [0.2, 0.25) is 0 Å². The fourth-order valence-electron chi connectivity index (χ4n) is 5.26. The van der Waals surface area contributed by atoms with Crippen LogP contribution in [0.15, 0.2) is 58.3 Å². The maximum atomic E-state index is 13.6. The average Bonchev–Trinajstić information content (AvgIpc) is 3.56. The quantitative estimate of drug-likeness (QED) is 0.568. The van der Waals surface area contributed by atoms with Crippen LogP contribution in [0.1, 0.15) is 54.9 Å². The molecule has 1 saturated heterocycles. The molecule has 1 aromatic carbocycles. The number of carbonyl (C=O) groups excluding carboxylic acids is 2. The van der Waals surface area contributed by atoms with Crippen molar-refractivity contribution in [3.8, 4) is 11.5 Å². The lowest BCUT2D eigenvalue weighted by Crippen LogP contribution is -2.36. The monoisotopic (exact) mass is 495 g/mol. The molecule has 1 aromatic heterocycles. The van der Waals surface area contributed by atoms with Crippen molar-refractivity contribution in [2.45, 2.75) is 50.5 Å². The molecule has 0 spiro atoms. The first kappa shape index (κ1) is 23.6. The Morgan fingerprint density at radius 1 is 1.29 bits per heavy atom. The van der Waals surface area contributed by atoms with Crippen LogP contribution in [0, 0.1) is 0 Å². The lowest BCUT2D eigenvalue weighted by molar-refractivity contribution is -0.142. The average molecular weight is 496 g/mol. The van der Waals surface area contributed by atoms with Gasteiger partial charge in [-0.1, -0.05) is 12.1 Å². The number of phenolic OH excluding ortho intramolecular Hbond substituents is 1. The van der Waals surface area contributed by atoms with E-state index in [4.69, 9.17) is 14.2 Å². The van der Waals surface area contributed by atoms with Crippen molar-refractivity contribution in [1.29, 1.82) is 0 Å². The summed E-state index contributed by atoms with van der Waals surface area (Å²) in [5.74, 6) is -0.699. The van der Waals surface area contributed by atoms with Crippen LogP contribution in [0.3, 0.4) is 0 Å². The molecule has 5 rings (SSSR count). The molecule has 0 amide bonds. The lowest BCUT2D eigenvalue weighted by atomic mass is 9.72. The minimum Gasteiger partial charge on any atom is -0.504 e. The van der Waals surface area contributed by atoms with Gasteiger partial charge in [-0.15, -0.1) is 11.3 Å². The van der Waals surface area contributed by atoms with Gasteiger partial charge in [0.05, 0.1) is 18.8 Å². The van der Waals surface area contributed by atoms with E-state index < -0.39 is 11.9 Å². The van der Waals surface area contributed by atoms with Gasteiger partial charge < -0.3 is 24.6 Å². The highest BCUT2D eigenvalue weighted by Gasteiger charge is 2.42. The van der Waals surface area contributed by atoms with Crippen molar-refractivity contribution in [1.82, 2.24) is 5.32 Å². The summed E-state index contributed by atoms with van der Waals surface area (Å²) in [7, 11) is 1.47. The summed E-state index contributed by atoms with van der Waals surface area (Å²) in [6.07, 6.45) is 2.78. The second-order valence-electron chi connectivity index (χ2n) is 9.20. The Balaban J connectivity index is 1.53. The van der Waals surface area contributed by atoms with Gasteiger partial charge in [0, 0.05) is 46.7 Å². The van der Waals surface area contributed by atoms with Gasteiger partial charge in [0.2, 0.25) is 0 Å². The first-order chi connectivity index (χ1) is 17.0. The SMILES string of the molecule is COc1cc([C@@H]2C(C(=O)OC[C@@H]3CCCO3)=C(C)NC3=C2C(=O)C[C@H](c2cccs2)C3)ccc1O. The molecule has 0 unspecified atom stereocenters. The molecule has 3 aliphatic rings. The van der Waals surface area contributed by atoms with Crippen LogP contribution in [-0.4, -0.2) is 43.3 Å². The molecule has 3 atom stereocenters. The molecule has 8 heteroatoms. The molecule has 7 nitrogen and oxygen atoms in total. The summed E-state index contributed by atoms with van der Waals surface area (Å²) >= 11 is 1.65. The molecule has 2 aromatic rings. The number of hydrogen-bond donors (Lipinski definition) is 2. The normalized spacial score (nSPS) is 24.3. The van der Waals surface area contributed by atoms with Crippen molar-refractivity contribution < 1.29 is 28.9 Å². The van der Waals surface area contributed by atoms with E-state index in [0.717, 1.165) is 18.5 Å². The van der Waals surface area contributed by atoms with Crippen LogP contribution < -0.4 is 10.1 Å². The predicted octanol–water partition coefficient (Wildman–Crippen LogP) is 4.55. The van der Waals surface area contributed by atoms with Crippen molar-refractivity contribution in [3.05, 3.63) is 68.7 Å². The minimum atomic E-state index is -0.616. The molecule has 3 heterocycles. The Hall–Kier alpha value is -3.10. The van der Waals surface area contributed by atoms with Crippen molar-refractivity contribution in [2.75, 3.05) is 20.3 Å². The number of Topliss-reactive ketones (excluding diaryl/α,β-unsaturated/α-hetero) is 1. The Morgan fingerprint density at radius 2 is 2.14 bits per heavy atom. The first-order valence-electron chi connectivity index (χ1n) is 11.9. The predicted molar refractivity (Wildman–Crippen MR) is 131 cm³/mol. The Morgan fingerprint density at radius 3 is 2.86 bits per heavy atom.